The molecule has 3 heteroatoms. The molecule has 0 radical (unpaired) electrons. The number of hydrogen-bond donors (Lipinski definition) is 2. The van der Waals surface area contributed by atoms with Crippen LogP contribution in [0.2, 0.25) is 0 Å². The van der Waals surface area contributed by atoms with E-state index in [9.17, 15) is 4.79 Å². The van der Waals surface area contributed by atoms with Crippen LogP contribution in [0.5, 0.6) is 0 Å². The zero-order chi connectivity index (χ0) is 12.3. The maximum absolute atomic E-state index is 10.3. The molecule has 0 heterocycles. The Balaban J connectivity index is 1.73. The van der Waals surface area contributed by atoms with Gasteiger partial charge < -0.3 is 10.4 Å². The van der Waals surface area contributed by atoms with Gasteiger partial charge in [0.05, 0.1) is 0 Å². The molecule has 2 N–H and O–H groups in total. The van der Waals surface area contributed by atoms with Gasteiger partial charge >= 0.3 is 5.97 Å². The number of hydrogen-bond acceptors (Lipinski definition) is 2. The fourth-order valence-corrected chi connectivity index (χ4v) is 2.64. The number of nitrogens with one attached hydrogen (secondary N) is 1. The molecule has 0 aliphatic heterocycles. The molecule has 100 valence electrons. The molecule has 1 aliphatic rings. The van der Waals surface area contributed by atoms with Crippen LogP contribution >= 0.6 is 0 Å². The number of rotatable bonds is 10. The number of aliphatic carboxylic acids is 1. The molecule has 3 nitrogen and oxygen atoms in total. The molecule has 1 fully saturated rings. The van der Waals surface area contributed by atoms with Crippen molar-refractivity contribution in [2.45, 2.75) is 64.2 Å². The summed E-state index contributed by atoms with van der Waals surface area (Å²) >= 11 is 0. The molecule has 1 rings (SSSR count). The normalized spacial score (nSPS) is 16.5. The Hall–Kier alpha value is -0.570. The summed E-state index contributed by atoms with van der Waals surface area (Å²) < 4.78 is 0. The van der Waals surface area contributed by atoms with Crippen molar-refractivity contribution in [2.75, 3.05) is 13.1 Å². The van der Waals surface area contributed by atoms with Crippen molar-refractivity contribution in [1.82, 2.24) is 5.32 Å². The summed E-state index contributed by atoms with van der Waals surface area (Å²) in [6, 6.07) is 0. The van der Waals surface area contributed by atoms with Crippen LogP contribution in [0.3, 0.4) is 0 Å². The number of carbonyl (C=O) groups is 1. The van der Waals surface area contributed by atoms with E-state index in [1.165, 1.54) is 38.5 Å². The largest absolute Gasteiger partial charge is 0.481 e. The van der Waals surface area contributed by atoms with E-state index in [1.807, 2.05) is 0 Å². The highest BCUT2D eigenvalue weighted by Crippen LogP contribution is 2.28. The first-order chi connectivity index (χ1) is 8.29. The Morgan fingerprint density at radius 1 is 1.06 bits per heavy atom. The number of carboxylic acids is 1. The van der Waals surface area contributed by atoms with E-state index in [4.69, 9.17) is 5.11 Å². The second-order valence-electron chi connectivity index (χ2n) is 5.25. The SMILES string of the molecule is O=C(O)CCCCCNCCCC1CCCC1. The fourth-order valence-electron chi connectivity index (χ4n) is 2.64. The monoisotopic (exact) mass is 241 g/mol. The van der Waals surface area contributed by atoms with Crippen LogP contribution in [0.15, 0.2) is 0 Å². The predicted molar refractivity (Wildman–Crippen MR) is 70.2 cm³/mol. The summed E-state index contributed by atoms with van der Waals surface area (Å²) in [6.45, 7) is 2.18. The van der Waals surface area contributed by atoms with Crippen LogP contribution in [-0.4, -0.2) is 24.2 Å². The van der Waals surface area contributed by atoms with Gasteiger partial charge in [0.2, 0.25) is 0 Å². The third kappa shape index (κ3) is 8.19. The molecule has 0 amide bonds. The third-order valence-corrected chi connectivity index (χ3v) is 3.68. The van der Waals surface area contributed by atoms with Crippen molar-refractivity contribution >= 4 is 5.97 Å². The molecular weight excluding hydrogens is 214 g/mol. The minimum Gasteiger partial charge on any atom is -0.481 e. The molecule has 0 aromatic heterocycles. The maximum atomic E-state index is 10.3. The summed E-state index contributed by atoms with van der Waals surface area (Å²) in [5, 5.41) is 11.9. The van der Waals surface area contributed by atoms with E-state index >= 15 is 0 Å². The van der Waals surface area contributed by atoms with Crippen molar-refractivity contribution in [2.24, 2.45) is 5.92 Å². The third-order valence-electron chi connectivity index (χ3n) is 3.68. The molecule has 0 saturated heterocycles. The average molecular weight is 241 g/mol. The van der Waals surface area contributed by atoms with Crippen LogP contribution in [0, 0.1) is 5.92 Å². The van der Waals surface area contributed by atoms with Gasteiger partial charge in [0.1, 0.15) is 0 Å². The average Bonchev–Trinajstić information content (AvgIpc) is 2.79. The Bertz CT molecular complexity index is 200. The summed E-state index contributed by atoms with van der Waals surface area (Å²) in [7, 11) is 0. The lowest BCUT2D eigenvalue weighted by Gasteiger charge is -2.09. The molecule has 0 unspecified atom stereocenters. The molecule has 17 heavy (non-hydrogen) atoms. The van der Waals surface area contributed by atoms with Crippen LogP contribution in [0.4, 0.5) is 0 Å². The van der Waals surface area contributed by atoms with Gasteiger partial charge in [0, 0.05) is 6.42 Å². The van der Waals surface area contributed by atoms with Gasteiger partial charge in [-0.3, -0.25) is 4.79 Å². The van der Waals surface area contributed by atoms with Crippen molar-refractivity contribution in [1.29, 1.82) is 0 Å². The summed E-state index contributed by atoms with van der Waals surface area (Å²) in [5.41, 5.74) is 0. The van der Waals surface area contributed by atoms with Gasteiger partial charge in [-0.1, -0.05) is 32.1 Å². The molecule has 1 aliphatic carbocycles. The van der Waals surface area contributed by atoms with Gasteiger partial charge in [-0.25, -0.2) is 0 Å². The van der Waals surface area contributed by atoms with Gasteiger partial charge in [0.15, 0.2) is 0 Å². The summed E-state index contributed by atoms with van der Waals surface area (Å²) in [6.07, 6.45) is 11.8. The van der Waals surface area contributed by atoms with Crippen molar-refractivity contribution < 1.29 is 9.90 Å². The van der Waals surface area contributed by atoms with E-state index in [-0.39, 0.29) is 0 Å². The number of carboxylic acid groups (broad SMARTS) is 1. The predicted octanol–water partition coefficient (Wildman–Crippen LogP) is 3.19. The van der Waals surface area contributed by atoms with Crippen LogP contribution in [0.1, 0.15) is 64.2 Å². The molecule has 0 bridgehead atoms. The van der Waals surface area contributed by atoms with Gasteiger partial charge in [-0.2, -0.15) is 0 Å². The van der Waals surface area contributed by atoms with E-state index in [2.05, 4.69) is 5.32 Å². The summed E-state index contributed by atoms with van der Waals surface area (Å²) in [5.74, 6) is 0.335. The van der Waals surface area contributed by atoms with Crippen molar-refractivity contribution in [3.05, 3.63) is 0 Å². The second kappa shape index (κ2) is 9.46. The van der Waals surface area contributed by atoms with E-state index in [0.717, 1.165) is 38.3 Å². The second-order valence-corrected chi connectivity index (χ2v) is 5.25. The van der Waals surface area contributed by atoms with E-state index in [1.54, 1.807) is 0 Å². The maximum Gasteiger partial charge on any atom is 0.303 e. The first-order valence-corrected chi connectivity index (χ1v) is 7.21. The van der Waals surface area contributed by atoms with Gasteiger partial charge in [-0.05, 0) is 44.7 Å². The minimum absolute atomic E-state index is 0.321. The lowest BCUT2D eigenvalue weighted by atomic mass is 10.0. The Kier molecular flexibility index (Phi) is 8.06. The lowest BCUT2D eigenvalue weighted by molar-refractivity contribution is -0.137. The smallest absolute Gasteiger partial charge is 0.303 e. The zero-order valence-electron chi connectivity index (χ0n) is 10.9. The minimum atomic E-state index is -0.672. The van der Waals surface area contributed by atoms with Crippen LogP contribution in [0.25, 0.3) is 0 Å². The summed E-state index contributed by atoms with van der Waals surface area (Å²) in [4.78, 5) is 10.3. The lowest BCUT2D eigenvalue weighted by Crippen LogP contribution is -2.17. The standard InChI is InChI=1S/C14H27NO2/c16-14(17)10-2-1-5-11-15-12-6-9-13-7-3-4-8-13/h13,15H,1-12H2,(H,16,17). The topological polar surface area (TPSA) is 49.3 Å². The van der Waals surface area contributed by atoms with Crippen molar-refractivity contribution in [3.8, 4) is 0 Å². The molecule has 0 atom stereocenters. The highest BCUT2D eigenvalue weighted by molar-refractivity contribution is 5.66. The highest BCUT2D eigenvalue weighted by Gasteiger charge is 2.13. The molecule has 0 spiro atoms. The highest BCUT2D eigenvalue weighted by atomic mass is 16.4. The van der Waals surface area contributed by atoms with E-state index < -0.39 is 5.97 Å². The first-order valence-electron chi connectivity index (χ1n) is 7.21. The van der Waals surface area contributed by atoms with E-state index in [0.29, 0.717) is 6.42 Å². The molecular formula is C14H27NO2. The van der Waals surface area contributed by atoms with Crippen molar-refractivity contribution in [3.63, 3.8) is 0 Å². The van der Waals surface area contributed by atoms with Crippen LogP contribution in [-0.2, 0) is 4.79 Å². The first kappa shape index (κ1) is 14.5. The van der Waals surface area contributed by atoms with Gasteiger partial charge in [0.25, 0.3) is 0 Å². The van der Waals surface area contributed by atoms with Crippen LogP contribution < -0.4 is 5.32 Å². The fraction of sp³-hybridized carbons (Fsp3) is 0.929. The Morgan fingerprint density at radius 3 is 2.47 bits per heavy atom. The molecule has 1 saturated carbocycles. The molecule has 0 aromatic carbocycles. The Morgan fingerprint density at radius 2 is 1.76 bits per heavy atom. The zero-order valence-corrected chi connectivity index (χ0v) is 10.9. The van der Waals surface area contributed by atoms with Gasteiger partial charge in [-0.15, -0.1) is 0 Å². The Labute approximate surface area is 105 Å². The quantitative estimate of drug-likeness (QED) is 0.577. The molecule has 0 aromatic rings. The number of unbranched alkanes of at least 4 members (excludes halogenated alkanes) is 2.